The molecule has 0 unspecified atom stereocenters. The zero-order valence-electron chi connectivity index (χ0n) is 12.1. The molecule has 5 heteroatoms. The van der Waals surface area contributed by atoms with Crippen molar-refractivity contribution in [2.75, 3.05) is 0 Å². The van der Waals surface area contributed by atoms with Crippen LogP contribution in [0, 0.1) is 13.8 Å². The maximum Gasteiger partial charge on any atom is 0.341 e. The molecule has 0 amide bonds. The molecule has 0 atom stereocenters. The number of benzene rings is 1. The fourth-order valence-electron chi connectivity index (χ4n) is 2.65. The molecule has 0 radical (unpaired) electrons. The molecule has 2 heterocycles. The van der Waals surface area contributed by atoms with Crippen molar-refractivity contribution >= 4 is 22.7 Å². The van der Waals surface area contributed by atoms with Crippen molar-refractivity contribution in [1.82, 2.24) is 9.78 Å². The fourth-order valence-corrected chi connectivity index (χ4v) is 2.78. The van der Waals surface area contributed by atoms with E-state index >= 15 is 0 Å². The van der Waals surface area contributed by atoms with E-state index in [-0.39, 0.29) is 5.63 Å². The second-order valence-corrected chi connectivity index (χ2v) is 5.62. The summed E-state index contributed by atoms with van der Waals surface area (Å²) in [5.74, 6) is 0. The zero-order chi connectivity index (χ0) is 15.1. The molecule has 2 aromatic heterocycles. The van der Waals surface area contributed by atoms with Gasteiger partial charge in [0.15, 0.2) is 0 Å². The standard InChI is InChI=1S/C16H15ClN2O2/c1-9-13(8-11-4-6-12(17)7-5-11)16(20)21-15-14(9)10(2)18-19(15)3/h4-7H,8H2,1-3H3. The lowest BCUT2D eigenvalue weighted by Crippen LogP contribution is -2.11. The Morgan fingerprint density at radius 3 is 2.57 bits per heavy atom. The van der Waals surface area contributed by atoms with E-state index < -0.39 is 0 Å². The Bertz CT molecular complexity index is 876. The SMILES string of the molecule is Cc1nn(C)c2oc(=O)c(Cc3ccc(Cl)cc3)c(C)c12. The molecule has 0 aliphatic carbocycles. The lowest BCUT2D eigenvalue weighted by molar-refractivity contribution is 0.516. The Morgan fingerprint density at radius 1 is 1.24 bits per heavy atom. The Kier molecular flexibility index (Phi) is 3.33. The van der Waals surface area contributed by atoms with Gasteiger partial charge < -0.3 is 4.42 Å². The van der Waals surface area contributed by atoms with Crippen LogP contribution in [-0.2, 0) is 13.5 Å². The van der Waals surface area contributed by atoms with Crippen LogP contribution in [0.1, 0.15) is 22.4 Å². The molecule has 0 N–H and O–H groups in total. The molecule has 108 valence electrons. The lowest BCUT2D eigenvalue weighted by atomic mass is 10.0. The maximum atomic E-state index is 12.3. The summed E-state index contributed by atoms with van der Waals surface area (Å²) >= 11 is 5.89. The fraction of sp³-hybridized carbons (Fsp3) is 0.250. The Balaban J connectivity index is 2.16. The monoisotopic (exact) mass is 302 g/mol. The summed E-state index contributed by atoms with van der Waals surface area (Å²) in [6.07, 6.45) is 0.523. The first-order chi connectivity index (χ1) is 9.97. The molecule has 0 saturated carbocycles. The maximum absolute atomic E-state index is 12.3. The van der Waals surface area contributed by atoms with Crippen LogP contribution in [0.5, 0.6) is 0 Å². The summed E-state index contributed by atoms with van der Waals surface area (Å²) in [6.45, 7) is 3.86. The van der Waals surface area contributed by atoms with Crippen LogP contribution in [0.2, 0.25) is 5.02 Å². The van der Waals surface area contributed by atoms with Gasteiger partial charge in [-0.25, -0.2) is 9.48 Å². The predicted molar refractivity (Wildman–Crippen MR) is 83.0 cm³/mol. The van der Waals surface area contributed by atoms with E-state index in [4.69, 9.17) is 16.0 Å². The zero-order valence-corrected chi connectivity index (χ0v) is 12.9. The highest BCUT2D eigenvalue weighted by atomic mass is 35.5. The van der Waals surface area contributed by atoms with Crippen molar-refractivity contribution in [3.05, 3.63) is 62.1 Å². The third-order valence-corrected chi connectivity index (χ3v) is 3.98. The number of halogens is 1. The molecule has 0 aliphatic heterocycles. The van der Waals surface area contributed by atoms with Crippen molar-refractivity contribution in [2.24, 2.45) is 7.05 Å². The number of aryl methyl sites for hydroxylation is 3. The topological polar surface area (TPSA) is 48.0 Å². The number of hydrogen-bond acceptors (Lipinski definition) is 3. The quantitative estimate of drug-likeness (QED) is 0.729. The largest absolute Gasteiger partial charge is 0.404 e. The summed E-state index contributed by atoms with van der Waals surface area (Å²) < 4.78 is 7.04. The summed E-state index contributed by atoms with van der Waals surface area (Å²) in [4.78, 5) is 12.3. The minimum atomic E-state index is -0.307. The van der Waals surface area contributed by atoms with Crippen LogP contribution in [0.4, 0.5) is 0 Å². The van der Waals surface area contributed by atoms with Crippen molar-refractivity contribution in [3.63, 3.8) is 0 Å². The normalized spacial score (nSPS) is 11.2. The van der Waals surface area contributed by atoms with Crippen LogP contribution < -0.4 is 5.63 Å². The molecule has 4 nitrogen and oxygen atoms in total. The average molecular weight is 303 g/mol. The van der Waals surface area contributed by atoms with E-state index in [1.54, 1.807) is 11.7 Å². The highest BCUT2D eigenvalue weighted by Gasteiger charge is 2.17. The van der Waals surface area contributed by atoms with Crippen LogP contribution in [-0.4, -0.2) is 9.78 Å². The van der Waals surface area contributed by atoms with Gasteiger partial charge in [-0.2, -0.15) is 5.10 Å². The molecular formula is C16H15ClN2O2. The molecule has 0 bridgehead atoms. The Hall–Kier alpha value is -2.07. The number of fused-ring (bicyclic) bond motifs is 1. The van der Waals surface area contributed by atoms with Gasteiger partial charge in [0.2, 0.25) is 5.71 Å². The van der Waals surface area contributed by atoms with Crippen LogP contribution in [0.15, 0.2) is 33.5 Å². The number of nitrogens with zero attached hydrogens (tertiary/aromatic N) is 2. The first-order valence-corrected chi connectivity index (χ1v) is 7.05. The van der Waals surface area contributed by atoms with Crippen molar-refractivity contribution < 1.29 is 4.42 Å². The number of rotatable bonds is 2. The van der Waals surface area contributed by atoms with Crippen LogP contribution in [0.25, 0.3) is 11.1 Å². The Labute approximate surface area is 127 Å². The summed E-state index contributed by atoms with van der Waals surface area (Å²) in [5.41, 5.74) is 3.71. The van der Waals surface area contributed by atoms with Crippen LogP contribution in [0.3, 0.4) is 0 Å². The van der Waals surface area contributed by atoms with Gasteiger partial charge in [0.05, 0.1) is 11.1 Å². The van der Waals surface area contributed by atoms with Gasteiger partial charge in [-0.05, 0) is 37.1 Å². The summed E-state index contributed by atoms with van der Waals surface area (Å²) in [6, 6.07) is 7.48. The average Bonchev–Trinajstić information content (AvgIpc) is 2.71. The van der Waals surface area contributed by atoms with E-state index in [0.717, 1.165) is 22.2 Å². The van der Waals surface area contributed by atoms with E-state index in [0.29, 0.717) is 22.7 Å². The minimum Gasteiger partial charge on any atom is -0.404 e. The molecular weight excluding hydrogens is 288 g/mol. The van der Waals surface area contributed by atoms with Gasteiger partial charge in [-0.15, -0.1) is 0 Å². The van der Waals surface area contributed by atoms with E-state index in [2.05, 4.69) is 5.10 Å². The third-order valence-electron chi connectivity index (χ3n) is 3.73. The smallest absolute Gasteiger partial charge is 0.341 e. The first-order valence-electron chi connectivity index (χ1n) is 6.67. The van der Waals surface area contributed by atoms with Crippen molar-refractivity contribution in [3.8, 4) is 0 Å². The first kappa shape index (κ1) is 13.9. The van der Waals surface area contributed by atoms with Crippen molar-refractivity contribution in [2.45, 2.75) is 20.3 Å². The molecule has 3 aromatic rings. The highest BCUT2D eigenvalue weighted by molar-refractivity contribution is 6.30. The highest BCUT2D eigenvalue weighted by Crippen LogP contribution is 2.24. The molecule has 0 spiro atoms. The second kappa shape index (κ2) is 5.04. The van der Waals surface area contributed by atoms with Gasteiger partial charge in [0, 0.05) is 24.1 Å². The predicted octanol–water partition coefficient (Wildman–Crippen LogP) is 3.39. The lowest BCUT2D eigenvalue weighted by Gasteiger charge is -2.06. The summed E-state index contributed by atoms with van der Waals surface area (Å²) in [5, 5.41) is 5.92. The third kappa shape index (κ3) is 2.36. The van der Waals surface area contributed by atoms with Crippen molar-refractivity contribution in [1.29, 1.82) is 0 Å². The van der Waals surface area contributed by atoms with Gasteiger partial charge in [-0.1, -0.05) is 23.7 Å². The molecule has 0 fully saturated rings. The second-order valence-electron chi connectivity index (χ2n) is 5.19. The molecule has 0 saturated heterocycles. The molecule has 1 aromatic carbocycles. The van der Waals surface area contributed by atoms with E-state index in [9.17, 15) is 4.79 Å². The van der Waals surface area contributed by atoms with E-state index in [1.807, 2.05) is 38.1 Å². The van der Waals surface area contributed by atoms with Gasteiger partial charge in [0.1, 0.15) is 0 Å². The number of aromatic nitrogens is 2. The van der Waals surface area contributed by atoms with Gasteiger partial charge in [0.25, 0.3) is 0 Å². The summed E-state index contributed by atoms with van der Waals surface area (Å²) in [7, 11) is 1.77. The minimum absolute atomic E-state index is 0.307. The number of hydrogen-bond donors (Lipinski definition) is 0. The van der Waals surface area contributed by atoms with E-state index in [1.165, 1.54) is 0 Å². The molecule has 21 heavy (non-hydrogen) atoms. The Morgan fingerprint density at radius 2 is 1.90 bits per heavy atom. The van der Waals surface area contributed by atoms with Gasteiger partial charge in [-0.3, -0.25) is 0 Å². The van der Waals surface area contributed by atoms with Crippen LogP contribution >= 0.6 is 11.6 Å². The van der Waals surface area contributed by atoms with Gasteiger partial charge >= 0.3 is 5.63 Å². The molecule has 0 aliphatic rings. The molecule has 3 rings (SSSR count).